The number of rotatable bonds is 5. The third-order valence-corrected chi connectivity index (χ3v) is 3.12. The van der Waals surface area contributed by atoms with Gasteiger partial charge >= 0.3 is 0 Å². The first kappa shape index (κ1) is 14.6. The molecule has 0 fully saturated rings. The molecule has 0 spiro atoms. The zero-order valence-electron chi connectivity index (χ0n) is 11.1. The predicted molar refractivity (Wildman–Crippen MR) is 70.3 cm³/mol. The second-order valence-corrected chi connectivity index (χ2v) is 4.87. The maximum atomic E-state index is 12.8. The van der Waals surface area contributed by atoms with Crippen molar-refractivity contribution in [1.82, 2.24) is 5.32 Å². The summed E-state index contributed by atoms with van der Waals surface area (Å²) in [7, 11) is 0. The van der Waals surface area contributed by atoms with Gasteiger partial charge in [0.25, 0.3) is 0 Å². The Hall–Kier alpha value is -1.42. The van der Waals surface area contributed by atoms with Gasteiger partial charge in [-0.3, -0.25) is 4.79 Å². The number of nitrogens with two attached hydrogens (primary N) is 1. The lowest BCUT2D eigenvalue weighted by Gasteiger charge is -2.21. The Kier molecular flexibility index (Phi) is 5.28. The molecule has 0 aliphatic heterocycles. The lowest BCUT2D eigenvalue weighted by atomic mass is 9.94. The van der Waals surface area contributed by atoms with E-state index in [1.807, 2.05) is 20.8 Å². The summed E-state index contributed by atoms with van der Waals surface area (Å²) in [6, 6.07) is 5.98. The molecule has 0 heterocycles. The van der Waals surface area contributed by atoms with Crippen LogP contribution in [0.2, 0.25) is 0 Å². The Morgan fingerprint density at radius 1 is 1.28 bits per heavy atom. The van der Waals surface area contributed by atoms with Crippen molar-refractivity contribution in [1.29, 1.82) is 0 Å². The quantitative estimate of drug-likeness (QED) is 0.844. The predicted octanol–water partition coefficient (Wildman–Crippen LogP) is 2.23. The average Bonchev–Trinajstić information content (AvgIpc) is 2.29. The van der Waals surface area contributed by atoms with Crippen molar-refractivity contribution >= 4 is 5.91 Å². The summed E-state index contributed by atoms with van der Waals surface area (Å²) in [5.74, 6) is -0.313. The van der Waals surface area contributed by atoms with Crippen molar-refractivity contribution in [2.45, 2.75) is 26.8 Å². The molecule has 1 aromatic carbocycles. The highest BCUT2D eigenvalue weighted by atomic mass is 19.1. The molecule has 0 aromatic heterocycles. The minimum atomic E-state index is -0.278. The third kappa shape index (κ3) is 3.81. The van der Waals surface area contributed by atoms with E-state index >= 15 is 0 Å². The SMILES string of the molecule is CC(C)C(CN)C(=O)N[C@H](C)c1ccc(F)cc1. The summed E-state index contributed by atoms with van der Waals surface area (Å²) in [6.45, 7) is 6.15. The molecule has 4 heteroatoms. The molecule has 0 saturated carbocycles. The second-order valence-electron chi connectivity index (χ2n) is 4.87. The fourth-order valence-electron chi connectivity index (χ4n) is 1.84. The van der Waals surface area contributed by atoms with E-state index in [1.165, 1.54) is 12.1 Å². The van der Waals surface area contributed by atoms with Gasteiger partial charge < -0.3 is 11.1 Å². The summed E-state index contributed by atoms with van der Waals surface area (Å²) in [4.78, 5) is 12.0. The number of nitrogens with one attached hydrogen (secondary N) is 1. The smallest absolute Gasteiger partial charge is 0.225 e. The van der Waals surface area contributed by atoms with Gasteiger partial charge in [0, 0.05) is 6.54 Å². The van der Waals surface area contributed by atoms with Crippen molar-refractivity contribution in [3.8, 4) is 0 Å². The molecule has 18 heavy (non-hydrogen) atoms. The summed E-state index contributed by atoms with van der Waals surface area (Å²) < 4.78 is 12.8. The van der Waals surface area contributed by atoms with Gasteiger partial charge in [-0.2, -0.15) is 0 Å². The van der Waals surface area contributed by atoms with Crippen molar-refractivity contribution < 1.29 is 9.18 Å². The van der Waals surface area contributed by atoms with E-state index in [0.717, 1.165) is 5.56 Å². The molecule has 3 nitrogen and oxygen atoms in total. The molecule has 0 aliphatic carbocycles. The zero-order valence-corrected chi connectivity index (χ0v) is 11.1. The molecule has 1 aromatic rings. The van der Waals surface area contributed by atoms with Crippen LogP contribution in [0.25, 0.3) is 0 Å². The number of amides is 1. The molecular weight excluding hydrogens is 231 g/mol. The van der Waals surface area contributed by atoms with Crippen LogP contribution < -0.4 is 11.1 Å². The van der Waals surface area contributed by atoms with Gasteiger partial charge in [-0.15, -0.1) is 0 Å². The molecule has 3 N–H and O–H groups in total. The fraction of sp³-hybridized carbons (Fsp3) is 0.500. The Morgan fingerprint density at radius 2 is 1.83 bits per heavy atom. The largest absolute Gasteiger partial charge is 0.349 e. The van der Waals surface area contributed by atoms with Crippen molar-refractivity contribution in [3.63, 3.8) is 0 Å². The number of benzene rings is 1. The van der Waals surface area contributed by atoms with Crippen LogP contribution in [0.5, 0.6) is 0 Å². The lowest BCUT2D eigenvalue weighted by Crippen LogP contribution is -2.39. The molecule has 1 rings (SSSR count). The molecule has 2 atom stereocenters. The number of carbonyl (C=O) groups is 1. The minimum Gasteiger partial charge on any atom is -0.349 e. The average molecular weight is 252 g/mol. The number of halogens is 1. The Balaban J connectivity index is 2.66. The monoisotopic (exact) mass is 252 g/mol. The number of carbonyl (C=O) groups excluding carboxylic acids is 1. The van der Waals surface area contributed by atoms with Gasteiger partial charge in [0.1, 0.15) is 5.82 Å². The van der Waals surface area contributed by atoms with E-state index in [9.17, 15) is 9.18 Å². The molecule has 0 aliphatic rings. The van der Waals surface area contributed by atoms with Crippen LogP contribution in [0.1, 0.15) is 32.4 Å². The van der Waals surface area contributed by atoms with Crippen LogP contribution in [0, 0.1) is 17.7 Å². The van der Waals surface area contributed by atoms with Crippen LogP contribution >= 0.6 is 0 Å². The normalized spacial score (nSPS) is 14.3. The zero-order chi connectivity index (χ0) is 13.7. The number of hydrogen-bond acceptors (Lipinski definition) is 2. The van der Waals surface area contributed by atoms with Gasteiger partial charge in [-0.1, -0.05) is 26.0 Å². The second kappa shape index (κ2) is 6.50. The van der Waals surface area contributed by atoms with Crippen molar-refractivity contribution in [2.75, 3.05) is 6.54 Å². The van der Waals surface area contributed by atoms with E-state index in [4.69, 9.17) is 5.73 Å². The molecule has 1 unspecified atom stereocenters. The van der Waals surface area contributed by atoms with Gasteiger partial charge in [0.2, 0.25) is 5.91 Å². The van der Waals surface area contributed by atoms with E-state index < -0.39 is 0 Å². The van der Waals surface area contributed by atoms with Crippen molar-refractivity contribution in [2.24, 2.45) is 17.6 Å². The van der Waals surface area contributed by atoms with Crippen LogP contribution in [0.4, 0.5) is 4.39 Å². The molecule has 1 amide bonds. The Bertz CT molecular complexity index is 389. The van der Waals surface area contributed by atoms with E-state index in [0.29, 0.717) is 6.54 Å². The molecule has 0 radical (unpaired) electrons. The van der Waals surface area contributed by atoms with Crippen LogP contribution in [0.3, 0.4) is 0 Å². The highest BCUT2D eigenvalue weighted by Crippen LogP contribution is 2.15. The van der Waals surface area contributed by atoms with E-state index in [2.05, 4.69) is 5.32 Å². The van der Waals surface area contributed by atoms with Crippen LogP contribution in [0.15, 0.2) is 24.3 Å². The first-order chi connectivity index (χ1) is 8.45. The standard InChI is InChI=1S/C14H21FN2O/c1-9(2)13(8-16)14(18)17-10(3)11-4-6-12(15)7-5-11/h4-7,9-10,13H,8,16H2,1-3H3,(H,17,18)/t10-,13?/m1/s1. The molecule has 0 saturated heterocycles. The summed E-state index contributed by atoms with van der Waals surface area (Å²) >= 11 is 0. The maximum absolute atomic E-state index is 12.8. The first-order valence-electron chi connectivity index (χ1n) is 6.21. The fourth-order valence-corrected chi connectivity index (χ4v) is 1.84. The Morgan fingerprint density at radius 3 is 2.28 bits per heavy atom. The molecular formula is C14H21FN2O. The van der Waals surface area contributed by atoms with Gasteiger partial charge in [0.05, 0.1) is 12.0 Å². The van der Waals surface area contributed by atoms with E-state index in [-0.39, 0.29) is 29.6 Å². The van der Waals surface area contributed by atoms with Gasteiger partial charge in [-0.05, 0) is 30.5 Å². The summed E-state index contributed by atoms with van der Waals surface area (Å²) in [5.41, 5.74) is 6.48. The number of hydrogen-bond donors (Lipinski definition) is 2. The van der Waals surface area contributed by atoms with Gasteiger partial charge in [-0.25, -0.2) is 4.39 Å². The topological polar surface area (TPSA) is 55.1 Å². The minimum absolute atomic E-state index is 0.0516. The Labute approximate surface area is 108 Å². The summed E-state index contributed by atoms with van der Waals surface area (Å²) in [6.07, 6.45) is 0. The summed E-state index contributed by atoms with van der Waals surface area (Å²) in [5, 5.41) is 2.91. The van der Waals surface area contributed by atoms with Crippen LogP contribution in [-0.2, 0) is 4.79 Å². The highest BCUT2D eigenvalue weighted by Gasteiger charge is 2.22. The molecule has 100 valence electrons. The first-order valence-corrected chi connectivity index (χ1v) is 6.21. The molecule has 0 bridgehead atoms. The highest BCUT2D eigenvalue weighted by molar-refractivity contribution is 5.79. The maximum Gasteiger partial charge on any atom is 0.225 e. The van der Waals surface area contributed by atoms with Crippen molar-refractivity contribution in [3.05, 3.63) is 35.6 Å². The van der Waals surface area contributed by atoms with Gasteiger partial charge in [0.15, 0.2) is 0 Å². The van der Waals surface area contributed by atoms with E-state index in [1.54, 1.807) is 12.1 Å². The lowest BCUT2D eigenvalue weighted by molar-refractivity contribution is -0.126. The third-order valence-electron chi connectivity index (χ3n) is 3.12. The van der Waals surface area contributed by atoms with Crippen LogP contribution in [-0.4, -0.2) is 12.5 Å².